The predicted octanol–water partition coefficient (Wildman–Crippen LogP) is 5.42. The number of fused-ring (bicyclic) bond motifs is 2. The fraction of sp³-hybridized carbons (Fsp3) is 0.190. The molecule has 0 amide bonds. The molecule has 4 aromatic rings. The van der Waals surface area contributed by atoms with Crippen LogP contribution in [-0.4, -0.2) is 15.8 Å². The van der Waals surface area contributed by atoms with E-state index in [-0.39, 0.29) is 0 Å². The highest BCUT2D eigenvalue weighted by Crippen LogP contribution is 2.16. The summed E-state index contributed by atoms with van der Waals surface area (Å²) in [5.41, 5.74) is 3.09. The summed E-state index contributed by atoms with van der Waals surface area (Å²) in [6, 6.07) is 18.5. The molecule has 0 bridgehead atoms. The van der Waals surface area contributed by atoms with Crippen molar-refractivity contribution in [2.24, 2.45) is 0 Å². The van der Waals surface area contributed by atoms with Gasteiger partial charge >= 0.3 is 0 Å². The van der Waals surface area contributed by atoms with E-state index < -0.39 is 0 Å². The predicted molar refractivity (Wildman–Crippen MR) is 101 cm³/mol. The smallest absolute Gasteiger partial charge is 0.152 e. The highest BCUT2D eigenvalue weighted by Gasteiger charge is 1.99. The number of aldehydes is 1. The minimum Gasteiger partial charge on any atom is -0.360 e. The molecule has 3 heteroatoms. The van der Waals surface area contributed by atoms with Crippen LogP contribution >= 0.6 is 0 Å². The zero-order valence-electron chi connectivity index (χ0n) is 13.9. The number of unbranched alkanes of at least 4 members (excludes halogenated alkanes) is 1. The van der Waals surface area contributed by atoms with Crippen molar-refractivity contribution in [1.82, 2.24) is 9.55 Å². The first-order chi connectivity index (χ1) is 11.8. The largest absolute Gasteiger partial charge is 0.360 e. The maximum absolute atomic E-state index is 10.5. The Hall–Kier alpha value is -2.81. The number of nitrogens with zero attached hydrogens (tertiary/aromatic N) is 1. The quantitative estimate of drug-likeness (QED) is 0.501. The van der Waals surface area contributed by atoms with Crippen molar-refractivity contribution in [2.75, 3.05) is 0 Å². The van der Waals surface area contributed by atoms with Crippen molar-refractivity contribution in [1.29, 1.82) is 0 Å². The summed E-state index contributed by atoms with van der Waals surface area (Å²) in [7, 11) is 0. The van der Waals surface area contributed by atoms with E-state index >= 15 is 0 Å². The van der Waals surface area contributed by atoms with Crippen molar-refractivity contribution in [3.8, 4) is 0 Å². The average Bonchev–Trinajstić information content (AvgIpc) is 3.24. The van der Waals surface area contributed by atoms with Crippen molar-refractivity contribution >= 4 is 28.1 Å². The van der Waals surface area contributed by atoms with Gasteiger partial charge in [-0.15, -0.1) is 0 Å². The minimum atomic E-state index is 0.723. The molecule has 3 nitrogen and oxygen atoms in total. The van der Waals surface area contributed by atoms with Gasteiger partial charge < -0.3 is 9.55 Å². The first kappa shape index (κ1) is 16.1. The Morgan fingerprint density at radius 1 is 1.04 bits per heavy atom. The van der Waals surface area contributed by atoms with Gasteiger partial charge in [-0.25, -0.2) is 0 Å². The van der Waals surface area contributed by atoms with Crippen LogP contribution in [0.25, 0.3) is 21.8 Å². The Morgan fingerprint density at radius 2 is 1.83 bits per heavy atom. The molecule has 0 radical (unpaired) electrons. The lowest BCUT2D eigenvalue weighted by molar-refractivity contribution is 0.112. The van der Waals surface area contributed by atoms with Gasteiger partial charge in [0.15, 0.2) is 6.29 Å². The fourth-order valence-electron chi connectivity index (χ4n) is 2.86. The number of carbonyl (C=O) groups is 1. The summed E-state index contributed by atoms with van der Waals surface area (Å²) in [6.45, 7) is 3.37. The number of H-pyrrole nitrogens is 1. The molecule has 0 spiro atoms. The summed E-state index contributed by atoms with van der Waals surface area (Å²) >= 11 is 0. The lowest BCUT2D eigenvalue weighted by atomic mass is 10.2. The zero-order chi connectivity index (χ0) is 16.8. The van der Waals surface area contributed by atoms with Crippen LogP contribution in [0, 0.1) is 0 Å². The number of aryl methyl sites for hydroxylation is 1. The number of aromatic nitrogens is 2. The van der Waals surface area contributed by atoms with Crippen molar-refractivity contribution in [2.45, 2.75) is 26.3 Å². The molecule has 0 aliphatic carbocycles. The molecule has 0 saturated heterocycles. The number of rotatable bonds is 4. The Balaban J connectivity index is 0.000000143. The molecule has 1 N–H and O–H groups in total. The number of aromatic amines is 1. The van der Waals surface area contributed by atoms with Gasteiger partial charge in [0, 0.05) is 40.9 Å². The van der Waals surface area contributed by atoms with Crippen LogP contribution in [-0.2, 0) is 6.54 Å². The number of hydrogen-bond acceptors (Lipinski definition) is 1. The number of nitrogens with one attached hydrogen (secondary N) is 1. The first-order valence-corrected chi connectivity index (χ1v) is 8.38. The molecule has 24 heavy (non-hydrogen) atoms. The van der Waals surface area contributed by atoms with Gasteiger partial charge in [0.1, 0.15) is 0 Å². The molecule has 0 aliphatic heterocycles. The highest BCUT2D eigenvalue weighted by molar-refractivity contribution is 5.96. The molecule has 2 aromatic heterocycles. The van der Waals surface area contributed by atoms with Crippen LogP contribution in [0.3, 0.4) is 0 Å². The van der Waals surface area contributed by atoms with Gasteiger partial charge in [0.25, 0.3) is 0 Å². The maximum atomic E-state index is 10.5. The number of hydrogen-bond donors (Lipinski definition) is 1. The lowest BCUT2D eigenvalue weighted by Crippen LogP contribution is -1.94. The Bertz CT molecular complexity index is 933. The van der Waals surface area contributed by atoms with Crippen LogP contribution in [0.4, 0.5) is 0 Å². The van der Waals surface area contributed by atoms with E-state index in [0.717, 1.165) is 29.3 Å². The van der Waals surface area contributed by atoms with Crippen LogP contribution in [0.5, 0.6) is 0 Å². The second-order valence-corrected chi connectivity index (χ2v) is 5.83. The molecular weight excluding hydrogens is 296 g/mol. The van der Waals surface area contributed by atoms with Crippen LogP contribution < -0.4 is 0 Å². The number of benzene rings is 2. The average molecular weight is 318 g/mol. The monoisotopic (exact) mass is 318 g/mol. The van der Waals surface area contributed by atoms with Gasteiger partial charge in [-0.3, -0.25) is 4.79 Å². The molecule has 0 unspecified atom stereocenters. The van der Waals surface area contributed by atoms with Gasteiger partial charge in [0.2, 0.25) is 0 Å². The highest BCUT2D eigenvalue weighted by atomic mass is 16.1. The molecular formula is C21H22N2O. The third kappa shape index (κ3) is 3.40. The molecule has 2 heterocycles. The third-order valence-corrected chi connectivity index (χ3v) is 4.18. The standard InChI is InChI=1S/C12H15N.C9H7NO/c1-2-3-9-13-10-8-11-6-4-5-7-12(11)13;11-6-7-5-10-9-4-2-1-3-8(7)9/h4-8,10H,2-3,9H2,1H3;1-6,10H. The van der Waals surface area contributed by atoms with E-state index in [2.05, 4.69) is 53.0 Å². The molecule has 0 aliphatic rings. The zero-order valence-corrected chi connectivity index (χ0v) is 13.9. The van der Waals surface area contributed by atoms with E-state index in [9.17, 15) is 4.79 Å². The van der Waals surface area contributed by atoms with Gasteiger partial charge in [0.05, 0.1) is 0 Å². The molecule has 122 valence electrons. The third-order valence-electron chi connectivity index (χ3n) is 4.18. The number of carbonyl (C=O) groups excluding carboxylic acids is 1. The van der Waals surface area contributed by atoms with Crippen molar-refractivity contribution in [3.63, 3.8) is 0 Å². The van der Waals surface area contributed by atoms with Crippen LogP contribution in [0.2, 0.25) is 0 Å². The Labute approximate surface area is 141 Å². The van der Waals surface area contributed by atoms with Crippen LogP contribution in [0.1, 0.15) is 30.1 Å². The number of para-hydroxylation sites is 2. The van der Waals surface area contributed by atoms with Gasteiger partial charge in [-0.1, -0.05) is 49.7 Å². The van der Waals surface area contributed by atoms with Crippen LogP contribution in [0.15, 0.2) is 67.0 Å². The first-order valence-electron chi connectivity index (χ1n) is 8.38. The lowest BCUT2D eigenvalue weighted by Gasteiger charge is -2.02. The maximum Gasteiger partial charge on any atom is 0.152 e. The summed E-state index contributed by atoms with van der Waals surface area (Å²) in [5.74, 6) is 0. The topological polar surface area (TPSA) is 37.8 Å². The van der Waals surface area contributed by atoms with E-state index in [1.807, 2.05) is 24.3 Å². The SMILES string of the molecule is CCCCn1ccc2ccccc21.O=Cc1c[nH]c2ccccc12. The van der Waals surface area contributed by atoms with Gasteiger partial charge in [-0.2, -0.15) is 0 Å². The van der Waals surface area contributed by atoms with Crippen molar-refractivity contribution < 1.29 is 4.79 Å². The normalized spacial score (nSPS) is 10.5. The molecule has 0 saturated carbocycles. The van der Waals surface area contributed by atoms with E-state index in [4.69, 9.17) is 0 Å². The second kappa shape index (κ2) is 7.64. The molecule has 0 atom stereocenters. The second-order valence-electron chi connectivity index (χ2n) is 5.83. The minimum absolute atomic E-state index is 0.723. The molecule has 2 aromatic carbocycles. The summed E-state index contributed by atoms with van der Waals surface area (Å²) < 4.78 is 2.33. The van der Waals surface area contributed by atoms with Gasteiger partial charge in [-0.05, 0) is 30.0 Å². The summed E-state index contributed by atoms with van der Waals surface area (Å²) in [4.78, 5) is 13.5. The Morgan fingerprint density at radius 3 is 2.67 bits per heavy atom. The van der Waals surface area contributed by atoms with E-state index in [1.54, 1.807) is 6.20 Å². The van der Waals surface area contributed by atoms with E-state index in [0.29, 0.717) is 0 Å². The van der Waals surface area contributed by atoms with Crippen molar-refractivity contribution in [3.05, 3.63) is 72.6 Å². The fourth-order valence-corrected chi connectivity index (χ4v) is 2.86. The molecule has 4 rings (SSSR count). The summed E-state index contributed by atoms with van der Waals surface area (Å²) in [6.07, 6.45) is 7.28. The van der Waals surface area contributed by atoms with E-state index in [1.165, 1.54) is 23.7 Å². The summed E-state index contributed by atoms with van der Waals surface area (Å²) in [5, 5.41) is 2.33. The Kier molecular flexibility index (Phi) is 5.12. The molecule has 0 fully saturated rings.